The summed E-state index contributed by atoms with van der Waals surface area (Å²) >= 11 is 0. The van der Waals surface area contributed by atoms with Gasteiger partial charge in [0, 0.05) is 44.6 Å². The number of hydroxylamine groups is 2. The highest BCUT2D eigenvalue weighted by molar-refractivity contribution is 5.89. The van der Waals surface area contributed by atoms with E-state index in [1.165, 1.54) is 11.1 Å². The quantitative estimate of drug-likeness (QED) is 0.675. The number of nitrogens with zero attached hydrogens (tertiary/aromatic N) is 3. The summed E-state index contributed by atoms with van der Waals surface area (Å²) < 4.78 is 14.0. The van der Waals surface area contributed by atoms with Crippen LogP contribution in [0.5, 0.6) is 0 Å². The van der Waals surface area contributed by atoms with Gasteiger partial charge >= 0.3 is 0 Å². The molecule has 1 aromatic carbocycles. The molecule has 3 heterocycles. The van der Waals surface area contributed by atoms with Crippen LogP contribution in [0.1, 0.15) is 51.5 Å². The Morgan fingerprint density at radius 2 is 1.88 bits per heavy atom. The van der Waals surface area contributed by atoms with Crippen molar-refractivity contribution in [3.05, 3.63) is 35.6 Å². The molecule has 7 nitrogen and oxygen atoms in total. The van der Waals surface area contributed by atoms with Crippen LogP contribution in [0.15, 0.2) is 24.3 Å². The van der Waals surface area contributed by atoms with Gasteiger partial charge < -0.3 is 9.80 Å². The molecule has 0 radical (unpaired) electrons. The molecular formula is C24H32FN3O4. The molecule has 0 aliphatic carbocycles. The van der Waals surface area contributed by atoms with Gasteiger partial charge in [-0.3, -0.25) is 19.2 Å². The first-order valence-corrected chi connectivity index (χ1v) is 11.5. The van der Waals surface area contributed by atoms with Crippen molar-refractivity contribution >= 4 is 17.7 Å². The maximum absolute atomic E-state index is 14.0. The van der Waals surface area contributed by atoms with E-state index >= 15 is 0 Å². The van der Waals surface area contributed by atoms with Gasteiger partial charge in [0.2, 0.25) is 17.7 Å². The largest absolute Gasteiger partial charge is 0.342 e. The molecule has 1 atom stereocenters. The minimum atomic E-state index is -0.450. The number of benzene rings is 1. The number of amides is 3. The van der Waals surface area contributed by atoms with Crippen LogP contribution in [-0.2, 0) is 25.8 Å². The molecule has 3 amide bonds. The van der Waals surface area contributed by atoms with Crippen LogP contribution in [0.4, 0.5) is 4.39 Å². The van der Waals surface area contributed by atoms with Gasteiger partial charge in [-0.15, -0.1) is 0 Å². The molecule has 1 aromatic rings. The number of carbonyl (C=O) groups is 3. The topological polar surface area (TPSA) is 70.2 Å². The van der Waals surface area contributed by atoms with Crippen LogP contribution in [0.25, 0.3) is 0 Å². The highest BCUT2D eigenvalue weighted by Crippen LogP contribution is 2.40. The second-order valence-corrected chi connectivity index (χ2v) is 9.70. The average Bonchev–Trinajstić information content (AvgIpc) is 3.27. The molecule has 0 N–H and O–H groups in total. The van der Waals surface area contributed by atoms with Crippen LogP contribution in [0.3, 0.4) is 0 Å². The van der Waals surface area contributed by atoms with E-state index in [1.54, 1.807) is 23.1 Å². The van der Waals surface area contributed by atoms with E-state index in [9.17, 15) is 18.8 Å². The molecule has 174 valence electrons. The van der Waals surface area contributed by atoms with Gasteiger partial charge in [-0.25, -0.2) is 9.45 Å². The van der Waals surface area contributed by atoms with Gasteiger partial charge in [0.05, 0.1) is 11.5 Å². The zero-order valence-electron chi connectivity index (χ0n) is 18.9. The van der Waals surface area contributed by atoms with Gasteiger partial charge in [0.15, 0.2) is 0 Å². The normalized spacial score (nSPS) is 23.1. The minimum absolute atomic E-state index is 0.00131. The number of likely N-dealkylation sites (tertiary alicyclic amines) is 2. The zero-order valence-corrected chi connectivity index (χ0v) is 18.9. The van der Waals surface area contributed by atoms with Crippen molar-refractivity contribution in [2.75, 3.05) is 26.2 Å². The van der Waals surface area contributed by atoms with Gasteiger partial charge in [0.1, 0.15) is 12.4 Å². The third-order valence-electron chi connectivity index (χ3n) is 6.92. The summed E-state index contributed by atoms with van der Waals surface area (Å²) in [4.78, 5) is 47.3. The van der Waals surface area contributed by atoms with Crippen molar-refractivity contribution in [3.8, 4) is 0 Å². The maximum Gasteiger partial charge on any atom is 0.246 e. The number of hydrogen-bond donors (Lipinski definition) is 0. The Hall–Kier alpha value is -2.48. The zero-order chi connectivity index (χ0) is 22.9. The lowest BCUT2D eigenvalue weighted by molar-refractivity contribution is -0.223. The maximum atomic E-state index is 14.0. The summed E-state index contributed by atoms with van der Waals surface area (Å²) in [6, 6.07) is 6.38. The SMILES string of the molecule is CC(C)CN1CC(C(=O)N2CCC3(CCC(=O)N3OCc3ccccc3F)CC2)CC1=O. The van der Waals surface area contributed by atoms with Crippen LogP contribution >= 0.6 is 0 Å². The van der Waals surface area contributed by atoms with Crippen LogP contribution in [-0.4, -0.2) is 64.3 Å². The fraction of sp³-hybridized carbons (Fsp3) is 0.625. The molecule has 3 aliphatic rings. The Morgan fingerprint density at radius 3 is 2.56 bits per heavy atom. The third-order valence-corrected chi connectivity index (χ3v) is 6.92. The van der Waals surface area contributed by atoms with E-state index in [-0.39, 0.29) is 42.5 Å². The second kappa shape index (κ2) is 9.17. The number of piperidine rings is 1. The van der Waals surface area contributed by atoms with Gasteiger partial charge in [-0.2, -0.15) is 0 Å². The molecule has 32 heavy (non-hydrogen) atoms. The van der Waals surface area contributed by atoms with E-state index in [2.05, 4.69) is 13.8 Å². The molecule has 0 aromatic heterocycles. The van der Waals surface area contributed by atoms with E-state index in [0.29, 0.717) is 63.3 Å². The number of rotatable bonds is 6. The van der Waals surface area contributed by atoms with Gasteiger partial charge in [-0.1, -0.05) is 32.0 Å². The number of hydrogen-bond acceptors (Lipinski definition) is 4. The Labute approximate surface area is 188 Å². The van der Waals surface area contributed by atoms with E-state index in [0.717, 1.165) is 0 Å². The predicted molar refractivity (Wildman–Crippen MR) is 115 cm³/mol. The molecule has 0 bridgehead atoms. The first kappa shape index (κ1) is 22.7. The molecule has 3 aliphatic heterocycles. The van der Waals surface area contributed by atoms with Crippen LogP contribution < -0.4 is 0 Å². The van der Waals surface area contributed by atoms with Crippen molar-refractivity contribution in [3.63, 3.8) is 0 Å². The van der Waals surface area contributed by atoms with Crippen LogP contribution in [0.2, 0.25) is 0 Å². The standard InChI is InChI=1S/C24H32FN3O4/c1-17(2)14-27-15-19(13-22(27)30)23(31)26-11-9-24(10-12-26)8-7-21(29)28(24)32-16-18-5-3-4-6-20(18)25/h3-6,17,19H,7-16H2,1-2H3. The lowest BCUT2D eigenvalue weighted by atomic mass is 9.85. The monoisotopic (exact) mass is 445 g/mol. The van der Waals surface area contributed by atoms with Crippen molar-refractivity contribution in [1.82, 2.24) is 14.9 Å². The van der Waals surface area contributed by atoms with E-state index < -0.39 is 5.54 Å². The van der Waals surface area contributed by atoms with Crippen molar-refractivity contribution in [2.45, 2.75) is 58.1 Å². The molecule has 8 heteroatoms. The molecule has 1 spiro atoms. The fourth-order valence-electron chi connectivity index (χ4n) is 5.18. The first-order valence-electron chi connectivity index (χ1n) is 11.5. The average molecular weight is 446 g/mol. The fourth-order valence-corrected chi connectivity index (χ4v) is 5.18. The lowest BCUT2D eigenvalue weighted by Crippen LogP contribution is -2.54. The summed E-state index contributed by atoms with van der Waals surface area (Å²) in [5, 5.41) is 1.45. The lowest BCUT2D eigenvalue weighted by Gasteiger charge is -2.44. The smallest absolute Gasteiger partial charge is 0.246 e. The summed E-state index contributed by atoms with van der Waals surface area (Å²) in [5.74, 6) is -0.271. The summed E-state index contributed by atoms with van der Waals surface area (Å²) in [6.07, 6.45) is 2.60. The van der Waals surface area contributed by atoms with Crippen molar-refractivity contribution in [1.29, 1.82) is 0 Å². The van der Waals surface area contributed by atoms with Crippen LogP contribution in [0, 0.1) is 17.7 Å². The Morgan fingerprint density at radius 1 is 1.16 bits per heavy atom. The Kier molecular flexibility index (Phi) is 6.51. The Balaban J connectivity index is 1.35. The second-order valence-electron chi connectivity index (χ2n) is 9.70. The third kappa shape index (κ3) is 4.51. The highest BCUT2D eigenvalue weighted by atomic mass is 19.1. The predicted octanol–water partition coefficient (Wildman–Crippen LogP) is 2.75. The molecule has 3 fully saturated rings. The summed E-state index contributed by atoms with van der Waals surface area (Å²) in [5.41, 5.74) is -0.0410. The van der Waals surface area contributed by atoms with Gasteiger partial charge in [0.25, 0.3) is 0 Å². The highest BCUT2D eigenvalue weighted by Gasteiger charge is 2.49. The number of halogens is 1. The number of carbonyl (C=O) groups excluding carboxylic acids is 3. The van der Waals surface area contributed by atoms with Gasteiger partial charge in [-0.05, 0) is 31.2 Å². The molecule has 0 saturated carbocycles. The summed E-state index contributed by atoms with van der Waals surface area (Å²) in [7, 11) is 0. The first-order chi connectivity index (χ1) is 15.3. The molecule has 3 saturated heterocycles. The molecule has 1 unspecified atom stereocenters. The summed E-state index contributed by atoms with van der Waals surface area (Å²) in [6.45, 7) is 6.36. The van der Waals surface area contributed by atoms with E-state index in [1.807, 2.05) is 4.90 Å². The molecule has 4 rings (SSSR count). The van der Waals surface area contributed by atoms with Crippen molar-refractivity contribution in [2.24, 2.45) is 11.8 Å². The van der Waals surface area contributed by atoms with E-state index in [4.69, 9.17) is 4.84 Å². The molecular weight excluding hydrogens is 413 g/mol. The van der Waals surface area contributed by atoms with Crippen molar-refractivity contribution < 1.29 is 23.6 Å². The minimum Gasteiger partial charge on any atom is -0.342 e. The Bertz CT molecular complexity index is 882.